The molecule has 2 aromatic heterocycles. The Morgan fingerprint density at radius 2 is 1.94 bits per heavy atom. The molecular formula is C12H18N2OS. The first kappa shape index (κ1) is 12.9. The highest BCUT2D eigenvalue weighted by molar-refractivity contribution is 7.09. The smallest absolute Gasteiger partial charge is 0.124 e. The molecule has 0 unspecified atom stereocenters. The maximum absolute atomic E-state index is 4.63. The van der Waals surface area contributed by atoms with Gasteiger partial charge in [0, 0.05) is 23.6 Å². The second-order valence-electron chi connectivity index (χ2n) is 4.10. The fourth-order valence-corrected chi connectivity index (χ4v) is 1.69. The minimum Gasteiger partial charge on any atom is -0.365 e. The lowest BCUT2D eigenvalue weighted by molar-refractivity contribution is 0.408. The second-order valence-corrected chi connectivity index (χ2v) is 5.03. The largest absolute Gasteiger partial charge is 0.365 e. The van der Waals surface area contributed by atoms with E-state index in [0.29, 0.717) is 11.8 Å². The minimum absolute atomic E-state index is 0.480. The van der Waals surface area contributed by atoms with E-state index in [2.05, 4.69) is 42.4 Å². The summed E-state index contributed by atoms with van der Waals surface area (Å²) in [5.74, 6) is 1.07. The molecule has 3 nitrogen and oxygen atoms in total. The zero-order valence-electron chi connectivity index (χ0n) is 10.2. The number of thiazole rings is 1. The second kappa shape index (κ2) is 6.43. The van der Waals surface area contributed by atoms with E-state index >= 15 is 0 Å². The first-order valence-electron chi connectivity index (χ1n) is 5.41. The standard InChI is InChI=1S/C6H9NO.C6H9NS/c1-5(2)6-3-4-8-7-6;1-5(2)6-7-3-4-8-6/h2*3-5H,1-2H3. The van der Waals surface area contributed by atoms with Gasteiger partial charge in [-0.05, 0) is 5.92 Å². The number of rotatable bonds is 2. The molecule has 4 heteroatoms. The normalized spacial score (nSPS) is 10.4. The Morgan fingerprint density at radius 3 is 2.19 bits per heavy atom. The van der Waals surface area contributed by atoms with Crippen molar-refractivity contribution in [3.63, 3.8) is 0 Å². The molecule has 0 radical (unpaired) electrons. The van der Waals surface area contributed by atoms with Crippen LogP contribution in [0.2, 0.25) is 0 Å². The van der Waals surface area contributed by atoms with Gasteiger partial charge in [0.1, 0.15) is 6.26 Å². The molecule has 0 aliphatic carbocycles. The highest BCUT2D eigenvalue weighted by Gasteiger charge is 1.99. The molecule has 0 atom stereocenters. The molecular weight excluding hydrogens is 220 g/mol. The molecule has 0 aliphatic heterocycles. The van der Waals surface area contributed by atoms with E-state index in [4.69, 9.17) is 0 Å². The summed E-state index contributed by atoms with van der Waals surface area (Å²) in [4.78, 5) is 4.13. The molecule has 0 bridgehead atoms. The van der Waals surface area contributed by atoms with E-state index in [9.17, 15) is 0 Å². The molecule has 2 rings (SSSR count). The van der Waals surface area contributed by atoms with Gasteiger partial charge in [-0.25, -0.2) is 4.98 Å². The number of hydrogen-bond acceptors (Lipinski definition) is 4. The molecule has 0 N–H and O–H groups in total. The third-order valence-corrected chi connectivity index (χ3v) is 3.07. The van der Waals surface area contributed by atoms with Crippen LogP contribution in [0.25, 0.3) is 0 Å². The Hall–Kier alpha value is -1.16. The summed E-state index contributed by atoms with van der Waals surface area (Å²) >= 11 is 1.72. The highest BCUT2D eigenvalue weighted by atomic mass is 32.1. The quantitative estimate of drug-likeness (QED) is 0.791. The van der Waals surface area contributed by atoms with Crippen LogP contribution in [0.1, 0.15) is 50.2 Å². The zero-order valence-corrected chi connectivity index (χ0v) is 11.0. The predicted molar refractivity (Wildman–Crippen MR) is 66.8 cm³/mol. The van der Waals surface area contributed by atoms with Crippen LogP contribution < -0.4 is 0 Å². The van der Waals surface area contributed by atoms with Crippen molar-refractivity contribution < 1.29 is 4.52 Å². The summed E-state index contributed by atoms with van der Waals surface area (Å²) in [5.41, 5.74) is 1.02. The average Bonchev–Trinajstić information content (AvgIpc) is 2.93. The van der Waals surface area contributed by atoms with Crippen molar-refractivity contribution in [1.82, 2.24) is 10.1 Å². The maximum Gasteiger partial charge on any atom is 0.124 e. The predicted octanol–water partition coefficient (Wildman–Crippen LogP) is 4.06. The molecule has 0 aromatic carbocycles. The molecule has 16 heavy (non-hydrogen) atoms. The summed E-state index contributed by atoms with van der Waals surface area (Å²) in [6.45, 7) is 8.47. The number of hydrogen-bond donors (Lipinski definition) is 0. The fourth-order valence-electron chi connectivity index (χ4n) is 1.04. The lowest BCUT2D eigenvalue weighted by atomic mass is 10.1. The van der Waals surface area contributed by atoms with Crippen LogP contribution in [0.15, 0.2) is 28.4 Å². The van der Waals surface area contributed by atoms with Gasteiger partial charge < -0.3 is 4.52 Å². The van der Waals surface area contributed by atoms with Crippen molar-refractivity contribution in [1.29, 1.82) is 0 Å². The lowest BCUT2D eigenvalue weighted by Crippen LogP contribution is -1.83. The van der Waals surface area contributed by atoms with Gasteiger partial charge in [0.25, 0.3) is 0 Å². The lowest BCUT2D eigenvalue weighted by Gasteiger charge is -1.93. The average molecular weight is 238 g/mol. The van der Waals surface area contributed by atoms with Crippen LogP contribution in [0.3, 0.4) is 0 Å². The van der Waals surface area contributed by atoms with Gasteiger partial charge in [0.15, 0.2) is 0 Å². The summed E-state index contributed by atoms with van der Waals surface area (Å²) in [6.07, 6.45) is 3.44. The Bertz CT molecular complexity index is 327. The van der Waals surface area contributed by atoms with Crippen LogP contribution in [0, 0.1) is 0 Å². The van der Waals surface area contributed by atoms with Gasteiger partial charge in [0.05, 0.1) is 10.7 Å². The first-order valence-corrected chi connectivity index (χ1v) is 6.29. The molecule has 0 saturated heterocycles. The van der Waals surface area contributed by atoms with Crippen molar-refractivity contribution in [2.24, 2.45) is 0 Å². The zero-order chi connectivity index (χ0) is 12.0. The number of aromatic nitrogens is 2. The third kappa shape index (κ3) is 4.14. The Kier molecular flexibility index (Phi) is 5.19. The van der Waals surface area contributed by atoms with Crippen molar-refractivity contribution in [2.75, 3.05) is 0 Å². The Morgan fingerprint density at radius 1 is 1.19 bits per heavy atom. The van der Waals surface area contributed by atoms with Crippen LogP contribution in [-0.4, -0.2) is 10.1 Å². The van der Waals surface area contributed by atoms with E-state index in [1.807, 2.05) is 17.6 Å². The molecule has 0 spiro atoms. The highest BCUT2D eigenvalue weighted by Crippen LogP contribution is 2.15. The van der Waals surface area contributed by atoms with Crippen LogP contribution in [0.5, 0.6) is 0 Å². The van der Waals surface area contributed by atoms with Crippen molar-refractivity contribution >= 4 is 11.3 Å². The van der Waals surface area contributed by atoms with E-state index in [-0.39, 0.29) is 0 Å². The summed E-state index contributed by atoms with van der Waals surface area (Å²) in [7, 11) is 0. The summed E-state index contributed by atoms with van der Waals surface area (Å²) in [5, 5.41) is 6.98. The minimum atomic E-state index is 0.480. The molecule has 0 aliphatic rings. The topological polar surface area (TPSA) is 38.9 Å². The van der Waals surface area contributed by atoms with E-state index in [0.717, 1.165) is 5.69 Å². The van der Waals surface area contributed by atoms with E-state index in [1.165, 1.54) is 5.01 Å². The fraction of sp³-hybridized carbons (Fsp3) is 0.500. The van der Waals surface area contributed by atoms with Gasteiger partial charge in [0.2, 0.25) is 0 Å². The van der Waals surface area contributed by atoms with E-state index < -0.39 is 0 Å². The molecule has 88 valence electrons. The van der Waals surface area contributed by atoms with Crippen molar-refractivity contribution in [2.45, 2.75) is 39.5 Å². The molecule has 2 heterocycles. The van der Waals surface area contributed by atoms with Crippen LogP contribution in [0.4, 0.5) is 0 Å². The summed E-state index contributed by atoms with van der Waals surface area (Å²) < 4.78 is 4.63. The molecule has 2 aromatic rings. The van der Waals surface area contributed by atoms with Gasteiger partial charge in [-0.1, -0.05) is 32.9 Å². The SMILES string of the molecule is CC(C)c1ccon1.CC(C)c1nccs1. The van der Waals surface area contributed by atoms with Crippen molar-refractivity contribution in [3.05, 3.63) is 34.6 Å². The van der Waals surface area contributed by atoms with Gasteiger partial charge in [-0.15, -0.1) is 11.3 Å². The molecule has 0 amide bonds. The van der Waals surface area contributed by atoms with E-state index in [1.54, 1.807) is 17.6 Å². The Balaban J connectivity index is 0.000000160. The van der Waals surface area contributed by atoms with Crippen LogP contribution in [-0.2, 0) is 0 Å². The third-order valence-electron chi connectivity index (χ3n) is 1.99. The van der Waals surface area contributed by atoms with Gasteiger partial charge in [-0.2, -0.15) is 0 Å². The van der Waals surface area contributed by atoms with Crippen LogP contribution >= 0.6 is 11.3 Å². The first-order chi connectivity index (χ1) is 7.61. The van der Waals surface area contributed by atoms with Crippen molar-refractivity contribution in [3.8, 4) is 0 Å². The maximum atomic E-state index is 4.63. The monoisotopic (exact) mass is 238 g/mol. The number of nitrogens with zero attached hydrogens (tertiary/aromatic N) is 2. The van der Waals surface area contributed by atoms with Gasteiger partial charge >= 0.3 is 0 Å². The Labute approximate surface area is 101 Å². The summed E-state index contributed by atoms with van der Waals surface area (Å²) in [6, 6.07) is 1.88. The molecule has 0 fully saturated rings. The van der Waals surface area contributed by atoms with Gasteiger partial charge in [-0.3, -0.25) is 0 Å². The molecule has 0 saturated carbocycles.